The number of pyridine rings is 1. The Labute approximate surface area is 170 Å². The van der Waals surface area contributed by atoms with E-state index in [-0.39, 0.29) is 23.1 Å². The smallest absolute Gasteiger partial charge is 0.255 e. The zero-order valence-corrected chi connectivity index (χ0v) is 16.6. The molecule has 1 aromatic carbocycles. The standard InChI is InChI=1S/C23H27N3O3/c27-20-5-3-4-17(11-20)22(28)25-12-16-10-19(15-25)21-7-6-18(23(29)26(21)13-16)14-24-8-1-2-9-24/h3-7,11,16,19,27H,1-2,8-10,12-15H2/t16-,19+/m0/s1. The van der Waals surface area contributed by atoms with Gasteiger partial charge in [-0.05, 0) is 62.5 Å². The maximum absolute atomic E-state index is 13.1. The summed E-state index contributed by atoms with van der Waals surface area (Å²) in [7, 11) is 0. The first kappa shape index (κ1) is 18.4. The SMILES string of the molecule is O=C(c1cccc(O)c1)N1C[C@@H]2C[C@H](C1)c1ccc(CN3CCCC3)c(=O)n1C2. The quantitative estimate of drug-likeness (QED) is 0.870. The average Bonchev–Trinajstić information content (AvgIpc) is 3.23. The Morgan fingerprint density at radius 3 is 2.69 bits per heavy atom. The van der Waals surface area contributed by atoms with Crippen molar-refractivity contribution in [3.05, 3.63) is 63.6 Å². The van der Waals surface area contributed by atoms with E-state index in [0.717, 1.165) is 37.3 Å². The molecule has 0 saturated carbocycles. The average molecular weight is 393 g/mol. The van der Waals surface area contributed by atoms with Crippen LogP contribution in [0, 0.1) is 5.92 Å². The zero-order valence-electron chi connectivity index (χ0n) is 16.6. The number of hydrogen-bond donors (Lipinski definition) is 1. The van der Waals surface area contributed by atoms with Crippen molar-refractivity contribution in [2.24, 2.45) is 5.92 Å². The van der Waals surface area contributed by atoms with Crippen molar-refractivity contribution in [2.75, 3.05) is 26.2 Å². The first-order valence-corrected chi connectivity index (χ1v) is 10.6. The predicted octanol–water partition coefficient (Wildman–Crippen LogP) is 2.41. The molecule has 2 atom stereocenters. The number of aromatic nitrogens is 1. The lowest BCUT2D eigenvalue weighted by atomic mass is 9.82. The van der Waals surface area contributed by atoms with Crippen molar-refractivity contribution in [3.63, 3.8) is 0 Å². The molecule has 0 aliphatic carbocycles. The molecule has 3 aliphatic heterocycles. The molecule has 0 unspecified atom stereocenters. The van der Waals surface area contributed by atoms with Gasteiger partial charge in [-0.25, -0.2) is 0 Å². The van der Waals surface area contributed by atoms with E-state index in [2.05, 4.69) is 11.0 Å². The Balaban J connectivity index is 1.38. The minimum atomic E-state index is -0.0444. The van der Waals surface area contributed by atoms with Gasteiger partial charge in [0, 0.05) is 48.9 Å². The molecule has 0 spiro atoms. The number of benzene rings is 1. The molecule has 0 radical (unpaired) electrons. The summed E-state index contributed by atoms with van der Waals surface area (Å²) in [4.78, 5) is 30.3. The number of piperidine rings is 1. The Bertz CT molecular complexity index is 993. The highest BCUT2D eigenvalue weighted by Gasteiger charge is 2.37. The van der Waals surface area contributed by atoms with Gasteiger partial charge in [-0.2, -0.15) is 0 Å². The predicted molar refractivity (Wildman–Crippen MR) is 110 cm³/mol. The second kappa shape index (κ2) is 7.34. The van der Waals surface area contributed by atoms with Gasteiger partial charge in [0.1, 0.15) is 5.75 Å². The molecule has 1 amide bonds. The van der Waals surface area contributed by atoms with E-state index in [1.165, 1.54) is 18.9 Å². The molecule has 5 rings (SSSR count). The maximum atomic E-state index is 13.1. The highest BCUT2D eigenvalue weighted by atomic mass is 16.3. The lowest BCUT2D eigenvalue weighted by Gasteiger charge is -2.43. The molecule has 6 heteroatoms. The number of rotatable bonds is 3. The van der Waals surface area contributed by atoms with E-state index in [9.17, 15) is 14.7 Å². The van der Waals surface area contributed by atoms with Crippen LogP contribution in [0.5, 0.6) is 5.75 Å². The van der Waals surface area contributed by atoms with Crippen molar-refractivity contribution in [3.8, 4) is 5.75 Å². The van der Waals surface area contributed by atoms with Gasteiger partial charge in [0.15, 0.2) is 0 Å². The number of hydrogen-bond acceptors (Lipinski definition) is 4. The Hall–Kier alpha value is -2.60. The molecule has 2 bridgehead atoms. The second-order valence-electron chi connectivity index (χ2n) is 8.74. The number of carbonyl (C=O) groups excluding carboxylic acids is 1. The van der Waals surface area contributed by atoms with Gasteiger partial charge in [0.2, 0.25) is 0 Å². The van der Waals surface area contributed by atoms with Crippen LogP contribution in [0.1, 0.15) is 46.8 Å². The number of aromatic hydroxyl groups is 1. The van der Waals surface area contributed by atoms with Gasteiger partial charge in [-0.1, -0.05) is 12.1 Å². The summed E-state index contributed by atoms with van der Waals surface area (Å²) in [5.41, 5.74) is 2.62. The summed E-state index contributed by atoms with van der Waals surface area (Å²) in [6, 6.07) is 10.7. The van der Waals surface area contributed by atoms with E-state index in [1.807, 2.05) is 15.5 Å². The number of fused-ring (bicyclic) bond motifs is 4. The summed E-state index contributed by atoms with van der Waals surface area (Å²) < 4.78 is 1.97. The zero-order chi connectivity index (χ0) is 20.0. The third-order valence-electron chi connectivity index (χ3n) is 6.66. The Morgan fingerprint density at radius 1 is 1.07 bits per heavy atom. The van der Waals surface area contributed by atoms with E-state index in [4.69, 9.17) is 0 Å². The minimum absolute atomic E-state index is 0.0444. The number of likely N-dealkylation sites (tertiary alicyclic amines) is 2. The first-order chi connectivity index (χ1) is 14.1. The van der Waals surface area contributed by atoms with Crippen molar-refractivity contribution in [1.82, 2.24) is 14.4 Å². The molecule has 2 aromatic rings. The van der Waals surface area contributed by atoms with E-state index in [1.54, 1.807) is 18.2 Å². The lowest BCUT2D eigenvalue weighted by Crippen LogP contribution is -2.49. The van der Waals surface area contributed by atoms with Crippen LogP contribution in [-0.2, 0) is 13.1 Å². The van der Waals surface area contributed by atoms with Gasteiger partial charge in [0.05, 0.1) is 0 Å². The molecule has 2 fully saturated rings. The summed E-state index contributed by atoms with van der Waals surface area (Å²) in [6.45, 7) is 4.87. The van der Waals surface area contributed by atoms with Crippen LogP contribution >= 0.6 is 0 Å². The molecular weight excluding hydrogens is 366 g/mol. The van der Waals surface area contributed by atoms with Crippen molar-refractivity contribution in [2.45, 2.75) is 38.3 Å². The molecule has 29 heavy (non-hydrogen) atoms. The largest absolute Gasteiger partial charge is 0.508 e. The third kappa shape index (κ3) is 3.46. The number of phenolic OH excluding ortho intramolecular Hbond substituents is 1. The molecule has 2 saturated heterocycles. The number of phenols is 1. The van der Waals surface area contributed by atoms with Crippen LogP contribution in [0.3, 0.4) is 0 Å². The summed E-state index contributed by atoms with van der Waals surface area (Å²) >= 11 is 0. The monoisotopic (exact) mass is 393 g/mol. The molecule has 4 heterocycles. The van der Waals surface area contributed by atoms with Crippen LogP contribution in [0.15, 0.2) is 41.2 Å². The van der Waals surface area contributed by atoms with Crippen LogP contribution in [0.2, 0.25) is 0 Å². The minimum Gasteiger partial charge on any atom is -0.508 e. The number of nitrogens with zero attached hydrogens (tertiary/aromatic N) is 3. The lowest BCUT2D eigenvalue weighted by molar-refractivity contribution is 0.0593. The van der Waals surface area contributed by atoms with E-state index in [0.29, 0.717) is 31.1 Å². The summed E-state index contributed by atoms with van der Waals surface area (Å²) in [5.74, 6) is 0.548. The van der Waals surface area contributed by atoms with Crippen molar-refractivity contribution in [1.29, 1.82) is 0 Å². The van der Waals surface area contributed by atoms with Gasteiger partial charge in [-0.15, -0.1) is 0 Å². The first-order valence-electron chi connectivity index (χ1n) is 10.6. The summed E-state index contributed by atoms with van der Waals surface area (Å²) in [5, 5.41) is 9.70. The van der Waals surface area contributed by atoms with Crippen molar-refractivity contribution < 1.29 is 9.90 Å². The Kier molecular flexibility index (Phi) is 4.66. The third-order valence-corrected chi connectivity index (χ3v) is 6.66. The fraction of sp³-hybridized carbons (Fsp3) is 0.478. The van der Waals surface area contributed by atoms with Crippen molar-refractivity contribution >= 4 is 5.91 Å². The van der Waals surface area contributed by atoms with E-state index >= 15 is 0 Å². The normalized spacial score (nSPS) is 23.8. The van der Waals surface area contributed by atoms with Crippen LogP contribution in [-0.4, -0.2) is 51.6 Å². The van der Waals surface area contributed by atoms with Gasteiger partial charge in [-0.3, -0.25) is 14.5 Å². The topological polar surface area (TPSA) is 65.8 Å². The molecule has 1 aromatic heterocycles. The van der Waals surface area contributed by atoms with Gasteiger partial charge >= 0.3 is 0 Å². The number of amides is 1. The molecule has 6 nitrogen and oxygen atoms in total. The highest BCUT2D eigenvalue weighted by Crippen LogP contribution is 2.36. The van der Waals surface area contributed by atoms with Crippen LogP contribution in [0.4, 0.5) is 0 Å². The highest BCUT2D eigenvalue weighted by molar-refractivity contribution is 5.94. The Morgan fingerprint density at radius 2 is 1.90 bits per heavy atom. The van der Waals surface area contributed by atoms with Crippen LogP contribution in [0.25, 0.3) is 0 Å². The second-order valence-corrected chi connectivity index (χ2v) is 8.74. The van der Waals surface area contributed by atoms with E-state index < -0.39 is 0 Å². The fourth-order valence-corrected chi connectivity index (χ4v) is 5.28. The van der Waals surface area contributed by atoms with Gasteiger partial charge < -0.3 is 14.6 Å². The van der Waals surface area contributed by atoms with Gasteiger partial charge in [0.25, 0.3) is 11.5 Å². The molecule has 152 valence electrons. The van der Waals surface area contributed by atoms with Crippen LogP contribution < -0.4 is 5.56 Å². The molecule has 1 N–H and O–H groups in total. The molecular formula is C23H27N3O3. The maximum Gasteiger partial charge on any atom is 0.255 e. The molecule has 3 aliphatic rings. The number of carbonyl (C=O) groups is 1. The summed E-state index contributed by atoms with van der Waals surface area (Å²) in [6.07, 6.45) is 3.47. The fourth-order valence-electron chi connectivity index (χ4n) is 5.28.